The van der Waals surface area contributed by atoms with Crippen LogP contribution in [0.4, 0.5) is 0 Å². The number of pyridine rings is 1. The second-order valence-electron chi connectivity index (χ2n) is 10.9. The number of allylic oxidation sites excluding steroid dienone is 1. The number of esters is 1. The van der Waals surface area contributed by atoms with E-state index in [1.165, 1.54) is 18.9 Å². The standard InChI is InChI=1S/C32H37N5O3S/c1-39-32(38)24-12-10-23(11-13-24)30-36-29-27(14-16-35-31(29)37(30)21-40-18-19-41(2,3)4)25-6-5-7-26(20-25)28(22-8-9-22)34-17-15-33/h5-7,10-16,20,33-34H,8-9,17-19,21H2,1-4H3. The number of carbonyl (C=O) groups excluding carboxylic acids is 1. The van der Waals surface area contributed by atoms with Gasteiger partial charge in [-0.1, -0.05) is 30.3 Å². The summed E-state index contributed by atoms with van der Waals surface area (Å²) in [4.78, 5) is 21.9. The number of carbonyl (C=O) groups is 1. The number of aromatic nitrogens is 3. The molecule has 2 N–H and O–H groups in total. The lowest BCUT2D eigenvalue weighted by molar-refractivity contribution is 0.0600. The lowest BCUT2D eigenvalue weighted by atomic mass is 10.0. The fraction of sp³-hybridized carbons (Fsp3) is 0.312. The molecule has 8 nitrogen and oxygen atoms in total. The largest absolute Gasteiger partial charge is 0.465 e. The van der Waals surface area contributed by atoms with Crippen molar-refractivity contribution in [1.82, 2.24) is 19.9 Å². The third-order valence-corrected chi connectivity index (χ3v) is 8.35. The Morgan fingerprint density at radius 3 is 2.54 bits per heavy atom. The highest BCUT2D eigenvalue weighted by Gasteiger charge is 2.21. The number of ether oxygens (including phenoxy) is 2. The van der Waals surface area contributed by atoms with Gasteiger partial charge in [0.2, 0.25) is 0 Å². The van der Waals surface area contributed by atoms with Gasteiger partial charge in [-0.05, 0) is 72.6 Å². The highest BCUT2D eigenvalue weighted by molar-refractivity contribution is 8.32. The summed E-state index contributed by atoms with van der Waals surface area (Å²) in [5, 5.41) is 10.9. The normalized spacial score (nSPS) is 13.2. The van der Waals surface area contributed by atoms with E-state index in [1.54, 1.807) is 12.1 Å². The van der Waals surface area contributed by atoms with Crippen LogP contribution in [-0.4, -0.2) is 71.5 Å². The van der Waals surface area contributed by atoms with Crippen molar-refractivity contribution in [2.75, 3.05) is 44.8 Å². The summed E-state index contributed by atoms with van der Waals surface area (Å²) >= 11 is 0. The summed E-state index contributed by atoms with van der Waals surface area (Å²) in [6.07, 6.45) is 12.2. The Morgan fingerprint density at radius 2 is 1.85 bits per heavy atom. The van der Waals surface area contributed by atoms with Crippen molar-refractivity contribution >= 4 is 39.1 Å². The third kappa shape index (κ3) is 6.69. The van der Waals surface area contributed by atoms with E-state index in [0.717, 1.165) is 63.5 Å². The molecule has 1 aliphatic carbocycles. The summed E-state index contributed by atoms with van der Waals surface area (Å²) in [7, 11) is 0.700. The number of benzene rings is 2. The molecular formula is C32H37N5O3S. The average molecular weight is 572 g/mol. The zero-order valence-electron chi connectivity index (χ0n) is 24.1. The number of hydrogen-bond acceptors (Lipinski definition) is 7. The molecule has 0 spiro atoms. The Morgan fingerprint density at radius 1 is 1.07 bits per heavy atom. The van der Waals surface area contributed by atoms with Crippen molar-refractivity contribution in [1.29, 1.82) is 5.41 Å². The number of fused-ring (bicyclic) bond motifs is 1. The quantitative estimate of drug-likeness (QED) is 0.124. The van der Waals surface area contributed by atoms with E-state index < -0.39 is 10.0 Å². The van der Waals surface area contributed by atoms with Crippen LogP contribution in [0, 0.1) is 5.41 Å². The van der Waals surface area contributed by atoms with Gasteiger partial charge in [0.05, 0.1) is 19.3 Å². The molecule has 1 fully saturated rings. The van der Waals surface area contributed by atoms with Gasteiger partial charge in [0.1, 0.15) is 18.1 Å². The number of imidazole rings is 1. The molecule has 0 saturated heterocycles. The fourth-order valence-corrected chi connectivity index (χ4v) is 5.29. The second kappa shape index (κ2) is 12.3. The number of nitrogens with one attached hydrogen (secondary N) is 2. The summed E-state index contributed by atoms with van der Waals surface area (Å²) in [6.45, 7) is 1.48. The Hall–Kier alpha value is -3.95. The van der Waals surface area contributed by atoms with E-state index in [-0.39, 0.29) is 5.97 Å². The molecule has 0 amide bonds. The molecule has 0 atom stereocenters. The highest BCUT2D eigenvalue weighted by atomic mass is 32.3. The van der Waals surface area contributed by atoms with Crippen LogP contribution in [0.3, 0.4) is 0 Å². The zero-order valence-corrected chi connectivity index (χ0v) is 24.9. The van der Waals surface area contributed by atoms with Crippen molar-refractivity contribution in [2.24, 2.45) is 0 Å². The van der Waals surface area contributed by atoms with Crippen LogP contribution in [0.1, 0.15) is 28.8 Å². The first-order valence-electron chi connectivity index (χ1n) is 13.6. The van der Waals surface area contributed by atoms with Crippen LogP contribution in [-0.2, 0) is 16.2 Å². The van der Waals surface area contributed by atoms with E-state index in [2.05, 4.69) is 48.3 Å². The first kappa shape index (κ1) is 28.6. The van der Waals surface area contributed by atoms with Crippen LogP contribution in [0.25, 0.3) is 39.4 Å². The molecule has 0 bridgehead atoms. The van der Waals surface area contributed by atoms with E-state index in [1.807, 2.05) is 29.0 Å². The average Bonchev–Trinajstić information content (AvgIpc) is 3.74. The maximum atomic E-state index is 12.0. The maximum Gasteiger partial charge on any atom is 0.337 e. The summed E-state index contributed by atoms with van der Waals surface area (Å²) in [6, 6.07) is 17.7. The highest BCUT2D eigenvalue weighted by Crippen LogP contribution is 2.37. The molecule has 5 rings (SSSR count). The predicted octanol–water partition coefficient (Wildman–Crippen LogP) is 5.96. The minimum Gasteiger partial charge on any atom is -0.465 e. The molecular weight excluding hydrogens is 534 g/mol. The molecule has 2 aromatic heterocycles. The van der Waals surface area contributed by atoms with E-state index in [9.17, 15) is 4.79 Å². The Labute approximate surface area is 242 Å². The monoisotopic (exact) mass is 571 g/mol. The van der Waals surface area contributed by atoms with Crippen LogP contribution in [0.15, 0.2) is 66.4 Å². The lowest BCUT2D eigenvalue weighted by Crippen LogP contribution is -2.14. The zero-order chi connectivity index (χ0) is 29.0. The first-order chi connectivity index (χ1) is 19.8. The van der Waals surface area contributed by atoms with E-state index in [4.69, 9.17) is 24.9 Å². The fourth-order valence-electron chi connectivity index (χ4n) is 4.67. The molecule has 1 saturated carbocycles. The van der Waals surface area contributed by atoms with Crippen molar-refractivity contribution < 1.29 is 14.3 Å². The van der Waals surface area contributed by atoms with Crippen molar-refractivity contribution in [2.45, 2.75) is 19.6 Å². The topological polar surface area (TPSA) is 102 Å². The van der Waals surface area contributed by atoms with Gasteiger partial charge in [-0.2, -0.15) is 0 Å². The summed E-state index contributed by atoms with van der Waals surface area (Å²) < 4.78 is 13.0. The van der Waals surface area contributed by atoms with Gasteiger partial charge >= 0.3 is 5.97 Å². The Balaban J connectivity index is 1.57. The van der Waals surface area contributed by atoms with Crippen molar-refractivity contribution in [3.63, 3.8) is 0 Å². The molecule has 0 aliphatic heterocycles. The minimum absolute atomic E-state index is 0.320. The van der Waals surface area contributed by atoms with Gasteiger partial charge in [0, 0.05) is 41.5 Å². The molecule has 2 heterocycles. The van der Waals surface area contributed by atoms with Crippen molar-refractivity contribution in [3.05, 3.63) is 77.5 Å². The molecule has 0 radical (unpaired) electrons. The molecule has 1 aliphatic rings. The first-order valence-corrected chi connectivity index (χ1v) is 16.6. The summed E-state index contributed by atoms with van der Waals surface area (Å²) in [5.74, 6) is 1.36. The maximum absolute atomic E-state index is 12.0. The van der Waals surface area contributed by atoms with Crippen LogP contribution < -0.4 is 5.32 Å². The van der Waals surface area contributed by atoms with Crippen LogP contribution >= 0.6 is 10.0 Å². The Bertz CT molecular complexity index is 1600. The van der Waals surface area contributed by atoms with E-state index in [0.29, 0.717) is 25.4 Å². The molecule has 4 aromatic rings. The number of nitrogens with zero attached hydrogens (tertiary/aromatic N) is 3. The molecule has 214 valence electrons. The van der Waals surface area contributed by atoms with Gasteiger partial charge in [-0.25, -0.2) is 24.8 Å². The molecule has 41 heavy (non-hydrogen) atoms. The van der Waals surface area contributed by atoms with Gasteiger partial charge in [0.15, 0.2) is 5.65 Å². The van der Waals surface area contributed by atoms with Gasteiger partial charge in [-0.3, -0.25) is 4.57 Å². The van der Waals surface area contributed by atoms with Crippen LogP contribution in [0.5, 0.6) is 0 Å². The molecule has 2 aromatic carbocycles. The molecule has 9 heteroatoms. The lowest BCUT2D eigenvalue weighted by Gasteiger charge is -2.24. The van der Waals surface area contributed by atoms with Gasteiger partial charge in [0.25, 0.3) is 0 Å². The molecule has 0 unspecified atom stereocenters. The number of methoxy groups -OCH3 is 1. The minimum atomic E-state index is -0.678. The van der Waals surface area contributed by atoms with Crippen LogP contribution in [0.2, 0.25) is 0 Å². The SMILES string of the molecule is COC(=O)c1ccc(-c2nc3c(-c4cccc(C(NCC=N)=C5CC5)c4)ccnc3n2COCCS(C)(C)C)cc1. The second-order valence-corrected chi connectivity index (χ2v) is 15.5. The number of rotatable bonds is 12. The predicted molar refractivity (Wildman–Crippen MR) is 169 cm³/mol. The van der Waals surface area contributed by atoms with Gasteiger partial charge < -0.3 is 20.2 Å². The third-order valence-electron chi connectivity index (χ3n) is 6.96. The van der Waals surface area contributed by atoms with E-state index >= 15 is 0 Å². The summed E-state index contributed by atoms with van der Waals surface area (Å²) in [5.41, 5.74) is 8.50. The van der Waals surface area contributed by atoms with Crippen molar-refractivity contribution in [3.8, 4) is 22.5 Å². The Kier molecular flexibility index (Phi) is 8.56. The smallest absolute Gasteiger partial charge is 0.337 e. The van der Waals surface area contributed by atoms with Gasteiger partial charge in [-0.15, -0.1) is 0 Å². The number of hydrogen-bond donors (Lipinski definition) is 2.